The summed E-state index contributed by atoms with van der Waals surface area (Å²) in [5, 5.41) is 6.83. The normalized spacial score (nSPS) is 18.1. The highest BCUT2D eigenvalue weighted by atomic mass is 19.4. The molecule has 2 aliphatic rings. The van der Waals surface area contributed by atoms with Gasteiger partial charge < -0.3 is 15.1 Å². The third-order valence-electron chi connectivity index (χ3n) is 5.44. The number of halogens is 4. The van der Waals surface area contributed by atoms with Crippen LogP contribution in [0.2, 0.25) is 0 Å². The van der Waals surface area contributed by atoms with Gasteiger partial charge in [-0.15, -0.1) is 0 Å². The van der Waals surface area contributed by atoms with E-state index < -0.39 is 17.3 Å². The van der Waals surface area contributed by atoms with Gasteiger partial charge in [-0.25, -0.2) is 9.18 Å². The molecule has 0 aromatic heterocycles. The first kappa shape index (κ1) is 20.2. The summed E-state index contributed by atoms with van der Waals surface area (Å²) in [7, 11) is 0. The van der Waals surface area contributed by atoms with Crippen LogP contribution in [0.3, 0.4) is 0 Å². The first-order chi connectivity index (χ1) is 14.2. The van der Waals surface area contributed by atoms with Gasteiger partial charge in [0.1, 0.15) is 11.4 Å². The molecule has 0 aliphatic carbocycles. The Kier molecular flexibility index (Phi) is 5.13. The summed E-state index contributed by atoms with van der Waals surface area (Å²) in [6.07, 6.45) is -2.80. The number of likely N-dealkylation sites (tertiary alicyclic amines) is 1. The van der Waals surface area contributed by atoms with Crippen LogP contribution in [0, 0.1) is 5.82 Å². The van der Waals surface area contributed by atoms with Crippen molar-refractivity contribution in [2.45, 2.75) is 31.0 Å². The molecule has 2 aromatic carbocycles. The Morgan fingerprint density at radius 2 is 1.67 bits per heavy atom. The predicted molar refractivity (Wildman–Crippen MR) is 103 cm³/mol. The van der Waals surface area contributed by atoms with Crippen molar-refractivity contribution in [2.24, 2.45) is 5.16 Å². The van der Waals surface area contributed by atoms with Crippen molar-refractivity contribution in [2.75, 3.05) is 18.4 Å². The maximum Gasteiger partial charge on any atom is 0.416 e. The molecule has 158 valence electrons. The fourth-order valence-corrected chi connectivity index (χ4v) is 3.65. The van der Waals surface area contributed by atoms with Crippen LogP contribution in [0.15, 0.2) is 53.7 Å². The average molecular weight is 421 g/mol. The Hall–Kier alpha value is -3.10. The third-order valence-corrected chi connectivity index (χ3v) is 5.44. The van der Waals surface area contributed by atoms with E-state index in [-0.39, 0.29) is 11.8 Å². The van der Waals surface area contributed by atoms with Crippen molar-refractivity contribution in [3.63, 3.8) is 0 Å². The minimum atomic E-state index is -4.38. The Balaban J connectivity index is 1.33. The number of hydrogen-bond donors (Lipinski definition) is 1. The van der Waals surface area contributed by atoms with Crippen LogP contribution in [0.1, 0.15) is 30.4 Å². The first-order valence-corrected chi connectivity index (χ1v) is 9.48. The van der Waals surface area contributed by atoms with Crippen LogP contribution in [0.4, 0.5) is 28.0 Å². The molecule has 0 saturated carbocycles. The lowest BCUT2D eigenvalue weighted by molar-refractivity contribution is -0.137. The number of nitrogens with one attached hydrogen (secondary N) is 1. The number of piperidine rings is 1. The monoisotopic (exact) mass is 421 g/mol. The molecule has 2 amide bonds. The van der Waals surface area contributed by atoms with Crippen LogP contribution < -0.4 is 5.32 Å². The molecule has 9 heteroatoms. The summed E-state index contributed by atoms with van der Waals surface area (Å²) in [5.41, 5.74) is 0.446. The van der Waals surface area contributed by atoms with Crippen LogP contribution >= 0.6 is 0 Å². The lowest BCUT2D eigenvalue weighted by atomic mass is 9.85. The zero-order valence-electron chi connectivity index (χ0n) is 15.9. The molecule has 0 bridgehead atoms. The number of rotatable bonds is 2. The predicted octanol–water partition coefficient (Wildman–Crippen LogP) is 5.04. The molecule has 1 fully saturated rings. The van der Waals surface area contributed by atoms with Gasteiger partial charge in [-0.3, -0.25) is 0 Å². The van der Waals surface area contributed by atoms with E-state index in [0.29, 0.717) is 49.3 Å². The van der Waals surface area contributed by atoms with E-state index in [4.69, 9.17) is 4.84 Å². The number of benzene rings is 2. The topological polar surface area (TPSA) is 53.9 Å². The molecule has 0 radical (unpaired) electrons. The van der Waals surface area contributed by atoms with E-state index >= 15 is 0 Å². The van der Waals surface area contributed by atoms with Gasteiger partial charge in [0.25, 0.3) is 0 Å². The van der Waals surface area contributed by atoms with E-state index in [2.05, 4.69) is 10.5 Å². The van der Waals surface area contributed by atoms with Crippen molar-refractivity contribution in [1.29, 1.82) is 0 Å². The number of carbonyl (C=O) groups excluding carboxylic acids is 1. The van der Waals surface area contributed by atoms with E-state index in [1.165, 1.54) is 36.4 Å². The van der Waals surface area contributed by atoms with E-state index in [0.717, 1.165) is 12.1 Å². The molecule has 4 rings (SSSR count). The SMILES string of the molecule is O=C(Nc1ccc(F)cc1)N1CCC2(CC1)CC(c1ccc(C(F)(F)F)cc1)=NO2. The minimum Gasteiger partial charge on any atom is -0.388 e. The van der Waals surface area contributed by atoms with Gasteiger partial charge in [0.15, 0.2) is 0 Å². The van der Waals surface area contributed by atoms with Gasteiger partial charge in [-0.1, -0.05) is 17.3 Å². The molecule has 1 N–H and O–H groups in total. The number of oxime groups is 1. The fourth-order valence-electron chi connectivity index (χ4n) is 3.65. The van der Waals surface area contributed by atoms with E-state index in [9.17, 15) is 22.4 Å². The summed E-state index contributed by atoms with van der Waals surface area (Å²) in [6.45, 7) is 0.895. The summed E-state index contributed by atoms with van der Waals surface area (Å²) in [6, 6.07) is 10.1. The smallest absolute Gasteiger partial charge is 0.388 e. The lowest BCUT2D eigenvalue weighted by Crippen LogP contribution is -2.48. The van der Waals surface area contributed by atoms with E-state index in [1.54, 1.807) is 4.90 Å². The summed E-state index contributed by atoms with van der Waals surface area (Å²) in [4.78, 5) is 19.7. The molecule has 0 unspecified atom stereocenters. The fraction of sp³-hybridized carbons (Fsp3) is 0.333. The molecule has 1 spiro atoms. The second-order valence-electron chi connectivity index (χ2n) is 7.49. The summed E-state index contributed by atoms with van der Waals surface area (Å²) >= 11 is 0. The zero-order chi connectivity index (χ0) is 21.4. The number of hydrogen-bond acceptors (Lipinski definition) is 3. The molecule has 1 saturated heterocycles. The van der Waals surface area contributed by atoms with Crippen LogP contribution in [0.5, 0.6) is 0 Å². The Labute approximate surface area is 170 Å². The second-order valence-corrected chi connectivity index (χ2v) is 7.49. The van der Waals surface area contributed by atoms with E-state index in [1.807, 2.05) is 0 Å². The quantitative estimate of drug-likeness (QED) is 0.691. The molecular weight excluding hydrogens is 402 g/mol. The minimum absolute atomic E-state index is 0.279. The zero-order valence-corrected chi connectivity index (χ0v) is 15.9. The van der Waals surface area contributed by atoms with Crippen LogP contribution in [-0.4, -0.2) is 35.3 Å². The number of urea groups is 1. The van der Waals surface area contributed by atoms with Crippen molar-refractivity contribution in [3.05, 3.63) is 65.5 Å². The molecule has 2 aromatic rings. The molecule has 2 heterocycles. The van der Waals surface area contributed by atoms with Crippen molar-refractivity contribution in [1.82, 2.24) is 4.90 Å². The maximum atomic E-state index is 13.0. The molecule has 5 nitrogen and oxygen atoms in total. The van der Waals surface area contributed by atoms with Crippen molar-refractivity contribution in [3.8, 4) is 0 Å². The van der Waals surface area contributed by atoms with Crippen molar-refractivity contribution < 1.29 is 27.2 Å². The highest BCUT2D eigenvalue weighted by molar-refractivity contribution is 6.01. The van der Waals surface area contributed by atoms with Crippen LogP contribution in [-0.2, 0) is 11.0 Å². The molecule has 30 heavy (non-hydrogen) atoms. The number of nitrogens with zero attached hydrogens (tertiary/aromatic N) is 2. The van der Waals surface area contributed by atoms with Gasteiger partial charge in [0.2, 0.25) is 0 Å². The van der Waals surface area contributed by atoms with Gasteiger partial charge in [-0.05, 0) is 42.0 Å². The largest absolute Gasteiger partial charge is 0.416 e. The Bertz CT molecular complexity index is 948. The number of alkyl halides is 3. The molecular formula is C21H19F4N3O2. The number of amides is 2. The third kappa shape index (κ3) is 4.24. The molecule has 0 atom stereocenters. The standard InChI is InChI=1S/C21H19F4N3O2/c22-16-5-7-17(8-6-16)26-19(29)28-11-9-20(10-12-28)13-18(27-30-20)14-1-3-15(4-2-14)21(23,24)25/h1-8H,9-13H2,(H,26,29). The van der Waals surface area contributed by atoms with Gasteiger partial charge >= 0.3 is 12.2 Å². The van der Waals surface area contributed by atoms with Crippen LogP contribution in [0.25, 0.3) is 0 Å². The van der Waals surface area contributed by atoms with Gasteiger partial charge in [0.05, 0.1) is 11.3 Å². The van der Waals surface area contributed by atoms with Gasteiger partial charge in [-0.2, -0.15) is 13.2 Å². The van der Waals surface area contributed by atoms with Crippen molar-refractivity contribution >= 4 is 17.4 Å². The highest BCUT2D eigenvalue weighted by Crippen LogP contribution is 2.37. The summed E-state index contributed by atoms with van der Waals surface area (Å²) < 4.78 is 51.2. The maximum absolute atomic E-state index is 13.0. The number of anilines is 1. The Morgan fingerprint density at radius 1 is 1.03 bits per heavy atom. The van der Waals surface area contributed by atoms with Gasteiger partial charge in [0, 0.05) is 38.0 Å². The summed E-state index contributed by atoms with van der Waals surface area (Å²) in [5.74, 6) is -0.379. The first-order valence-electron chi connectivity index (χ1n) is 9.48. The molecule has 2 aliphatic heterocycles. The lowest BCUT2D eigenvalue weighted by Gasteiger charge is -2.37. The highest BCUT2D eigenvalue weighted by Gasteiger charge is 2.43. The second kappa shape index (κ2) is 7.62. The average Bonchev–Trinajstić information content (AvgIpc) is 3.13. The number of carbonyl (C=O) groups is 1. The Morgan fingerprint density at radius 3 is 2.27 bits per heavy atom.